The fourth-order valence-corrected chi connectivity index (χ4v) is 2.91. The van der Waals surface area contributed by atoms with Crippen LogP contribution in [0.5, 0.6) is 17.2 Å². The molecule has 1 saturated heterocycles. The molecule has 1 fully saturated rings. The molecule has 142 valence electrons. The molecule has 0 unspecified atom stereocenters. The first-order valence-corrected chi connectivity index (χ1v) is 8.53. The number of benzene rings is 1. The summed E-state index contributed by atoms with van der Waals surface area (Å²) in [5, 5.41) is 10.2. The third-order valence-corrected chi connectivity index (χ3v) is 4.37. The van der Waals surface area contributed by atoms with Gasteiger partial charge in [-0.15, -0.1) is 0 Å². The second-order valence-corrected chi connectivity index (χ2v) is 6.31. The van der Waals surface area contributed by atoms with Gasteiger partial charge in [-0.3, -0.25) is 4.90 Å². The smallest absolute Gasteiger partial charge is 0.203 e. The molecular weight excluding hydrogens is 324 g/mol. The SMILES string of the molecule is COc1cc(COC[C@H](O)CN2CCN(C)CC2)cc(OC)c1OC. The number of methoxy groups -OCH3 is 3. The van der Waals surface area contributed by atoms with Crippen LogP contribution in [0.1, 0.15) is 5.56 Å². The van der Waals surface area contributed by atoms with E-state index in [1.807, 2.05) is 12.1 Å². The number of rotatable bonds is 9. The monoisotopic (exact) mass is 354 g/mol. The lowest BCUT2D eigenvalue weighted by molar-refractivity contribution is 0.00289. The highest BCUT2D eigenvalue weighted by atomic mass is 16.5. The van der Waals surface area contributed by atoms with Crippen molar-refractivity contribution < 1.29 is 24.1 Å². The lowest BCUT2D eigenvalue weighted by Gasteiger charge is -2.33. The number of β-amino-alcohol motifs (C(OH)–C–C–N with tert-alkyl or cyclic N) is 1. The predicted octanol–water partition coefficient (Wildman–Crippen LogP) is 0.837. The van der Waals surface area contributed by atoms with Crippen LogP contribution in [0.15, 0.2) is 12.1 Å². The van der Waals surface area contributed by atoms with Crippen LogP contribution in [0.2, 0.25) is 0 Å². The number of piperazine rings is 1. The van der Waals surface area contributed by atoms with Gasteiger partial charge >= 0.3 is 0 Å². The van der Waals surface area contributed by atoms with E-state index in [0.29, 0.717) is 37.0 Å². The van der Waals surface area contributed by atoms with Crippen molar-refractivity contribution in [1.29, 1.82) is 0 Å². The zero-order valence-electron chi connectivity index (χ0n) is 15.7. The summed E-state index contributed by atoms with van der Waals surface area (Å²) in [7, 11) is 6.86. The molecule has 1 aliphatic rings. The van der Waals surface area contributed by atoms with Crippen LogP contribution in [0, 0.1) is 0 Å². The molecular formula is C18H30N2O5. The molecule has 0 spiro atoms. The van der Waals surface area contributed by atoms with Crippen LogP contribution in [-0.2, 0) is 11.3 Å². The molecule has 0 saturated carbocycles. The first-order chi connectivity index (χ1) is 12.1. The summed E-state index contributed by atoms with van der Waals surface area (Å²) in [6.45, 7) is 5.36. The molecule has 0 aromatic heterocycles. The molecule has 1 aliphatic heterocycles. The lowest BCUT2D eigenvalue weighted by Crippen LogP contribution is -2.47. The topological polar surface area (TPSA) is 63.6 Å². The fraction of sp³-hybridized carbons (Fsp3) is 0.667. The Hall–Kier alpha value is -1.54. The zero-order valence-corrected chi connectivity index (χ0v) is 15.7. The number of nitrogens with zero attached hydrogens (tertiary/aromatic N) is 2. The van der Waals surface area contributed by atoms with E-state index in [0.717, 1.165) is 31.7 Å². The van der Waals surface area contributed by atoms with E-state index in [-0.39, 0.29) is 0 Å². The summed E-state index contributed by atoms with van der Waals surface area (Å²) >= 11 is 0. The summed E-state index contributed by atoms with van der Waals surface area (Å²) in [5.74, 6) is 1.75. The van der Waals surface area contributed by atoms with Crippen molar-refractivity contribution in [2.24, 2.45) is 0 Å². The van der Waals surface area contributed by atoms with Crippen molar-refractivity contribution in [3.63, 3.8) is 0 Å². The minimum Gasteiger partial charge on any atom is -0.493 e. The number of ether oxygens (including phenoxy) is 4. The van der Waals surface area contributed by atoms with E-state index in [9.17, 15) is 5.11 Å². The zero-order chi connectivity index (χ0) is 18.2. The molecule has 7 heteroatoms. The van der Waals surface area contributed by atoms with Gasteiger partial charge in [0.2, 0.25) is 5.75 Å². The van der Waals surface area contributed by atoms with Crippen molar-refractivity contribution in [1.82, 2.24) is 9.80 Å². The lowest BCUT2D eigenvalue weighted by atomic mass is 10.2. The summed E-state index contributed by atoms with van der Waals surface area (Å²) in [4.78, 5) is 4.57. The number of hydrogen-bond acceptors (Lipinski definition) is 7. The molecule has 1 heterocycles. The van der Waals surface area contributed by atoms with Gasteiger partial charge in [0, 0.05) is 32.7 Å². The van der Waals surface area contributed by atoms with Crippen LogP contribution in [0.3, 0.4) is 0 Å². The molecule has 25 heavy (non-hydrogen) atoms. The van der Waals surface area contributed by atoms with Gasteiger partial charge in [-0.2, -0.15) is 0 Å². The average molecular weight is 354 g/mol. The van der Waals surface area contributed by atoms with Gasteiger partial charge in [-0.05, 0) is 24.7 Å². The van der Waals surface area contributed by atoms with Crippen LogP contribution < -0.4 is 14.2 Å². The van der Waals surface area contributed by atoms with Crippen molar-refractivity contribution in [3.8, 4) is 17.2 Å². The van der Waals surface area contributed by atoms with E-state index < -0.39 is 6.10 Å². The fourth-order valence-electron chi connectivity index (χ4n) is 2.91. The van der Waals surface area contributed by atoms with Crippen molar-refractivity contribution >= 4 is 0 Å². The highest BCUT2D eigenvalue weighted by Crippen LogP contribution is 2.38. The molecule has 2 rings (SSSR count). The van der Waals surface area contributed by atoms with Crippen LogP contribution in [-0.4, -0.2) is 88.7 Å². The third-order valence-electron chi connectivity index (χ3n) is 4.37. The van der Waals surface area contributed by atoms with E-state index in [2.05, 4.69) is 16.8 Å². The van der Waals surface area contributed by atoms with Gasteiger partial charge in [0.15, 0.2) is 11.5 Å². The molecule has 0 aliphatic carbocycles. The van der Waals surface area contributed by atoms with Gasteiger partial charge in [0.1, 0.15) is 0 Å². The number of hydrogen-bond donors (Lipinski definition) is 1. The summed E-state index contributed by atoms with van der Waals surface area (Å²) in [6, 6.07) is 3.71. The quantitative estimate of drug-likeness (QED) is 0.705. The largest absolute Gasteiger partial charge is 0.493 e. The second-order valence-electron chi connectivity index (χ2n) is 6.31. The first-order valence-electron chi connectivity index (χ1n) is 8.53. The normalized spacial score (nSPS) is 17.3. The van der Waals surface area contributed by atoms with Gasteiger partial charge in [0.05, 0.1) is 40.6 Å². The third kappa shape index (κ3) is 5.74. The Bertz CT molecular complexity index is 507. The minimum absolute atomic E-state index is 0.295. The van der Waals surface area contributed by atoms with E-state index in [4.69, 9.17) is 18.9 Å². The van der Waals surface area contributed by atoms with Gasteiger partial charge in [-0.1, -0.05) is 0 Å². The second kappa shape index (κ2) is 9.82. The summed E-state index contributed by atoms with van der Waals surface area (Å²) in [5.41, 5.74) is 0.904. The summed E-state index contributed by atoms with van der Waals surface area (Å²) < 4.78 is 21.7. The number of likely N-dealkylation sites (N-methyl/N-ethyl adjacent to an activating group) is 1. The molecule has 1 atom stereocenters. The van der Waals surface area contributed by atoms with Crippen molar-refractivity contribution in [2.45, 2.75) is 12.7 Å². The molecule has 1 N–H and O–H groups in total. The molecule has 0 bridgehead atoms. The Morgan fingerprint density at radius 3 is 2.12 bits per heavy atom. The molecule has 0 radical (unpaired) electrons. The van der Waals surface area contributed by atoms with Crippen molar-refractivity contribution in [3.05, 3.63) is 17.7 Å². The van der Waals surface area contributed by atoms with Gasteiger partial charge in [-0.25, -0.2) is 0 Å². The van der Waals surface area contributed by atoms with Crippen LogP contribution >= 0.6 is 0 Å². The van der Waals surface area contributed by atoms with E-state index in [1.54, 1.807) is 21.3 Å². The van der Waals surface area contributed by atoms with E-state index in [1.165, 1.54) is 0 Å². The Balaban J connectivity index is 1.82. The molecule has 0 amide bonds. The Morgan fingerprint density at radius 1 is 1.00 bits per heavy atom. The standard InChI is InChI=1S/C18H30N2O5/c1-19-5-7-20(8-6-19)11-15(21)13-25-12-14-9-16(22-2)18(24-4)17(10-14)23-3/h9-10,15,21H,5-8,11-13H2,1-4H3/t15-/m1/s1. The Kier molecular flexibility index (Phi) is 7.77. The molecule has 1 aromatic carbocycles. The number of aliphatic hydroxyl groups excluding tert-OH is 1. The molecule has 7 nitrogen and oxygen atoms in total. The van der Waals surface area contributed by atoms with Gasteiger partial charge in [0.25, 0.3) is 0 Å². The maximum Gasteiger partial charge on any atom is 0.203 e. The summed E-state index contributed by atoms with van der Waals surface area (Å²) in [6.07, 6.45) is -0.495. The minimum atomic E-state index is -0.495. The van der Waals surface area contributed by atoms with Crippen LogP contribution in [0.25, 0.3) is 0 Å². The Morgan fingerprint density at radius 2 is 1.60 bits per heavy atom. The first kappa shape index (κ1) is 19.8. The highest BCUT2D eigenvalue weighted by Gasteiger charge is 2.17. The number of aliphatic hydroxyl groups is 1. The molecule has 1 aromatic rings. The van der Waals surface area contributed by atoms with Crippen molar-refractivity contribution in [2.75, 3.05) is 67.7 Å². The Labute approximate surface area is 150 Å². The average Bonchev–Trinajstić information content (AvgIpc) is 2.62. The predicted molar refractivity (Wildman–Crippen MR) is 95.7 cm³/mol. The highest BCUT2D eigenvalue weighted by molar-refractivity contribution is 5.53. The maximum atomic E-state index is 10.2. The van der Waals surface area contributed by atoms with Crippen LogP contribution in [0.4, 0.5) is 0 Å². The maximum absolute atomic E-state index is 10.2. The van der Waals surface area contributed by atoms with Gasteiger partial charge < -0.3 is 29.0 Å². The van der Waals surface area contributed by atoms with E-state index >= 15 is 0 Å².